The van der Waals surface area contributed by atoms with Crippen LogP contribution in [-0.2, 0) is 0 Å². The third-order valence-corrected chi connectivity index (χ3v) is 9.21. The minimum Gasteiger partial charge on any atom is -0.436 e. The summed E-state index contributed by atoms with van der Waals surface area (Å²) in [6.07, 6.45) is 0. The fraction of sp³-hybridized carbons (Fsp3) is 0. The molecular formula is C45H27N3O3. The van der Waals surface area contributed by atoms with E-state index in [0.29, 0.717) is 17.7 Å². The Labute approximate surface area is 292 Å². The fourth-order valence-electron chi connectivity index (χ4n) is 6.53. The monoisotopic (exact) mass is 657 g/mol. The van der Waals surface area contributed by atoms with Crippen LogP contribution in [0, 0.1) is 0 Å². The van der Waals surface area contributed by atoms with E-state index in [0.717, 1.165) is 83.4 Å². The standard InChI is InChI=1S/C45H27N3O3/c1-4-10-40-37(7-1)46-43(49-40)31-19-13-28(14-20-31)34-25-35(29-15-21-32(22-16-29)44-47-38-8-2-5-11-41(38)50-44)27-36(26-34)30-17-23-33(24-18-30)45-48-39-9-3-6-12-42(39)51-45/h1-27H. The quantitative estimate of drug-likeness (QED) is 0.177. The minimum absolute atomic E-state index is 0.607. The lowest BCUT2D eigenvalue weighted by Crippen LogP contribution is -1.88. The van der Waals surface area contributed by atoms with Crippen molar-refractivity contribution in [3.63, 3.8) is 0 Å². The van der Waals surface area contributed by atoms with Crippen LogP contribution in [0.3, 0.4) is 0 Å². The Morgan fingerprint density at radius 3 is 0.784 bits per heavy atom. The average Bonchev–Trinajstić information content (AvgIpc) is 3.95. The fourth-order valence-corrected chi connectivity index (χ4v) is 6.53. The summed E-state index contributed by atoms with van der Waals surface area (Å²) in [5, 5.41) is 0. The third kappa shape index (κ3) is 5.36. The van der Waals surface area contributed by atoms with Crippen LogP contribution in [0.4, 0.5) is 0 Å². The first-order valence-corrected chi connectivity index (χ1v) is 16.7. The molecule has 0 amide bonds. The predicted molar refractivity (Wildman–Crippen MR) is 202 cm³/mol. The summed E-state index contributed by atoms with van der Waals surface area (Å²) >= 11 is 0. The van der Waals surface area contributed by atoms with Crippen molar-refractivity contribution in [1.29, 1.82) is 0 Å². The van der Waals surface area contributed by atoms with Gasteiger partial charge in [-0.05, 0) is 124 Å². The van der Waals surface area contributed by atoms with Gasteiger partial charge in [0.05, 0.1) is 0 Å². The highest BCUT2D eigenvalue weighted by Crippen LogP contribution is 2.36. The highest BCUT2D eigenvalue weighted by Gasteiger charge is 2.14. The van der Waals surface area contributed by atoms with E-state index in [9.17, 15) is 0 Å². The number of aromatic nitrogens is 3. The topological polar surface area (TPSA) is 78.1 Å². The van der Waals surface area contributed by atoms with Crippen LogP contribution in [0.1, 0.15) is 0 Å². The Hall–Kier alpha value is -7.05. The summed E-state index contributed by atoms with van der Waals surface area (Å²) in [7, 11) is 0. The maximum atomic E-state index is 6.04. The average molecular weight is 658 g/mol. The Morgan fingerprint density at radius 1 is 0.255 bits per heavy atom. The molecule has 51 heavy (non-hydrogen) atoms. The smallest absolute Gasteiger partial charge is 0.227 e. The lowest BCUT2D eigenvalue weighted by atomic mass is 9.92. The molecule has 6 nitrogen and oxygen atoms in total. The van der Waals surface area contributed by atoms with E-state index < -0.39 is 0 Å². The van der Waals surface area contributed by atoms with Crippen molar-refractivity contribution in [2.24, 2.45) is 0 Å². The number of rotatable bonds is 6. The molecule has 0 N–H and O–H groups in total. The molecule has 0 bridgehead atoms. The Kier molecular flexibility index (Phi) is 6.70. The zero-order valence-electron chi connectivity index (χ0n) is 27.2. The van der Waals surface area contributed by atoms with Gasteiger partial charge >= 0.3 is 0 Å². The van der Waals surface area contributed by atoms with Crippen LogP contribution in [0.25, 0.3) is 101 Å². The molecule has 0 atom stereocenters. The molecule has 10 aromatic rings. The van der Waals surface area contributed by atoms with Gasteiger partial charge in [-0.3, -0.25) is 0 Å². The van der Waals surface area contributed by atoms with Crippen molar-refractivity contribution in [3.8, 4) is 67.7 Å². The first kappa shape index (κ1) is 28.9. The lowest BCUT2D eigenvalue weighted by Gasteiger charge is -2.12. The number of oxazole rings is 3. The number of para-hydroxylation sites is 6. The summed E-state index contributed by atoms with van der Waals surface area (Å²) in [5.74, 6) is 1.82. The van der Waals surface area contributed by atoms with Gasteiger partial charge in [0, 0.05) is 16.7 Å². The van der Waals surface area contributed by atoms with Crippen LogP contribution >= 0.6 is 0 Å². The van der Waals surface area contributed by atoms with E-state index in [-0.39, 0.29) is 0 Å². The molecule has 6 heteroatoms. The van der Waals surface area contributed by atoms with Crippen molar-refractivity contribution >= 4 is 33.3 Å². The van der Waals surface area contributed by atoms with Gasteiger partial charge < -0.3 is 13.3 Å². The summed E-state index contributed by atoms with van der Waals surface area (Å²) in [6, 6.07) is 55.3. The van der Waals surface area contributed by atoms with Gasteiger partial charge in [-0.25, -0.2) is 15.0 Å². The highest BCUT2D eigenvalue weighted by molar-refractivity contribution is 5.84. The van der Waals surface area contributed by atoms with Crippen LogP contribution in [0.5, 0.6) is 0 Å². The third-order valence-electron chi connectivity index (χ3n) is 9.21. The van der Waals surface area contributed by atoms with E-state index in [1.807, 2.05) is 72.8 Å². The lowest BCUT2D eigenvalue weighted by molar-refractivity contribution is 0.619. The first-order valence-electron chi connectivity index (χ1n) is 16.7. The van der Waals surface area contributed by atoms with Crippen molar-refractivity contribution < 1.29 is 13.3 Å². The molecule has 0 fully saturated rings. The Morgan fingerprint density at radius 2 is 0.510 bits per heavy atom. The van der Waals surface area contributed by atoms with Gasteiger partial charge in [0.15, 0.2) is 16.7 Å². The number of hydrogen-bond donors (Lipinski definition) is 0. The second kappa shape index (κ2) is 11.8. The van der Waals surface area contributed by atoms with Gasteiger partial charge in [0.1, 0.15) is 16.6 Å². The molecule has 0 saturated carbocycles. The molecule has 3 heterocycles. The normalized spacial score (nSPS) is 11.5. The van der Waals surface area contributed by atoms with Crippen LogP contribution in [0.2, 0.25) is 0 Å². The molecule has 240 valence electrons. The van der Waals surface area contributed by atoms with Crippen LogP contribution < -0.4 is 0 Å². The zero-order valence-corrected chi connectivity index (χ0v) is 27.2. The number of nitrogens with zero attached hydrogens (tertiary/aromatic N) is 3. The minimum atomic E-state index is 0.607. The molecular weight excluding hydrogens is 631 g/mol. The second-order valence-electron chi connectivity index (χ2n) is 12.5. The van der Waals surface area contributed by atoms with Crippen molar-refractivity contribution in [2.45, 2.75) is 0 Å². The van der Waals surface area contributed by atoms with Crippen LogP contribution in [-0.4, -0.2) is 15.0 Å². The number of benzene rings is 7. The summed E-state index contributed by atoms with van der Waals surface area (Å²) < 4.78 is 18.1. The van der Waals surface area contributed by atoms with E-state index in [1.54, 1.807) is 0 Å². The number of fused-ring (bicyclic) bond motifs is 3. The Bertz CT molecular complexity index is 2420. The molecule has 10 rings (SSSR count). The van der Waals surface area contributed by atoms with E-state index in [1.165, 1.54) is 0 Å². The molecule has 0 aliphatic heterocycles. The summed E-state index contributed by atoms with van der Waals surface area (Å²) in [4.78, 5) is 14.1. The molecule has 0 saturated heterocycles. The summed E-state index contributed by atoms with van der Waals surface area (Å²) in [6.45, 7) is 0. The van der Waals surface area contributed by atoms with Gasteiger partial charge in [-0.2, -0.15) is 0 Å². The molecule has 3 aromatic heterocycles. The SMILES string of the molecule is c1ccc2oc(-c3ccc(-c4cc(-c5ccc(-c6nc7ccccc7o6)cc5)cc(-c5ccc(-c6nc7ccccc7o6)cc5)c4)cc3)nc2c1. The number of hydrogen-bond acceptors (Lipinski definition) is 6. The maximum absolute atomic E-state index is 6.04. The van der Waals surface area contributed by atoms with E-state index in [2.05, 4.69) is 106 Å². The maximum Gasteiger partial charge on any atom is 0.227 e. The predicted octanol–water partition coefficient (Wildman–Crippen LogP) is 12.1. The molecule has 0 aliphatic carbocycles. The Balaban J connectivity index is 1.03. The molecule has 0 aliphatic rings. The van der Waals surface area contributed by atoms with Gasteiger partial charge in [0.25, 0.3) is 0 Å². The van der Waals surface area contributed by atoms with E-state index >= 15 is 0 Å². The highest BCUT2D eigenvalue weighted by atomic mass is 16.4. The zero-order chi connectivity index (χ0) is 33.7. The largest absolute Gasteiger partial charge is 0.436 e. The van der Waals surface area contributed by atoms with Gasteiger partial charge in [0.2, 0.25) is 17.7 Å². The first-order chi connectivity index (χ1) is 25.2. The molecule has 0 spiro atoms. The van der Waals surface area contributed by atoms with E-state index in [4.69, 9.17) is 13.3 Å². The van der Waals surface area contributed by atoms with Crippen LogP contribution in [0.15, 0.2) is 177 Å². The summed E-state index contributed by atoms with van der Waals surface area (Å²) in [5.41, 5.74) is 14.2. The molecule has 7 aromatic carbocycles. The second-order valence-corrected chi connectivity index (χ2v) is 12.5. The van der Waals surface area contributed by atoms with Crippen molar-refractivity contribution in [3.05, 3.63) is 164 Å². The molecule has 0 unspecified atom stereocenters. The van der Waals surface area contributed by atoms with Gasteiger partial charge in [-0.15, -0.1) is 0 Å². The molecule has 0 radical (unpaired) electrons. The van der Waals surface area contributed by atoms with Gasteiger partial charge in [-0.1, -0.05) is 72.8 Å². The van der Waals surface area contributed by atoms with Crippen molar-refractivity contribution in [1.82, 2.24) is 15.0 Å². The van der Waals surface area contributed by atoms with Crippen molar-refractivity contribution in [2.75, 3.05) is 0 Å².